The van der Waals surface area contributed by atoms with Crippen LogP contribution < -0.4 is 5.32 Å². The second-order valence-corrected chi connectivity index (χ2v) is 4.57. The number of nitrogens with zero attached hydrogens (tertiary/aromatic N) is 1. The van der Waals surface area contributed by atoms with Crippen molar-refractivity contribution in [3.8, 4) is 12.3 Å². The topological polar surface area (TPSA) is 78.9 Å². The van der Waals surface area contributed by atoms with Crippen molar-refractivity contribution in [2.24, 2.45) is 0 Å². The van der Waals surface area contributed by atoms with Gasteiger partial charge in [-0.05, 0) is 13.3 Å². The summed E-state index contributed by atoms with van der Waals surface area (Å²) in [6.07, 6.45) is 5.92. The molecule has 1 saturated heterocycles. The molecular formula is C12H18N2O4. The van der Waals surface area contributed by atoms with Gasteiger partial charge in [0.15, 0.2) is 0 Å². The van der Waals surface area contributed by atoms with Crippen LogP contribution in [0.25, 0.3) is 0 Å². The quantitative estimate of drug-likeness (QED) is 0.691. The van der Waals surface area contributed by atoms with Crippen molar-refractivity contribution < 1.29 is 19.4 Å². The minimum absolute atomic E-state index is 0.240. The van der Waals surface area contributed by atoms with E-state index in [2.05, 4.69) is 11.2 Å². The van der Waals surface area contributed by atoms with Crippen LogP contribution in [0.15, 0.2) is 0 Å². The number of rotatable bonds is 5. The zero-order valence-corrected chi connectivity index (χ0v) is 10.6. The molecule has 0 bridgehead atoms. The van der Waals surface area contributed by atoms with Crippen LogP contribution in [0.5, 0.6) is 0 Å². The minimum atomic E-state index is -1.02. The second-order valence-electron chi connectivity index (χ2n) is 4.57. The number of carboxylic acids is 1. The van der Waals surface area contributed by atoms with Gasteiger partial charge < -0.3 is 20.1 Å². The Morgan fingerprint density at radius 1 is 1.61 bits per heavy atom. The molecule has 0 aromatic carbocycles. The Hall–Kier alpha value is -1.74. The third-order valence-electron chi connectivity index (χ3n) is 2.79. The summed E-state index contributed by atoms with van der Waals surface area (Å²) >= 11 is 0. The predicted octanol–water partition coefficient (Wildman–Crippen LogP) is 0.283. The van der Waals surface area contributed by atoms with Crippen molar-refractivity contribution in [2.45, 2.75) is 31.9 Å². The van der Waals surface area contributed by atoms with Crippen LogP contribution in [0.4, 0.5) is 4.79 Å². The van der Waals surface area contributed by atoms with Gasteiger partial charge in [-0.1, -0.05) is 12.8 Å². The molecule has 1 aliphatic rings. The zero-order valence-electron chi connectivity index (χ0n) is 10.6. The number of carbonyl (C=O) groups excluding carboxylic acids is 1. The van der Waals surface area contributed by atoms with Crippen LogP contribution in [0.3, 0.4) is 0 Å². The molecule has 0 aromatic heterocycles. The highest BCUT2D eigenvalue weighted by molar-refractivity contribution is 5.76. The first-order chi connectivity index (χ1) is 8.40. The lowest BCUT2D eigenvalue weighted by atomic mass is 9.97. The molecule has 18 heavy (non-hydrogen) atoms. The first-order valence-electron chi connectivity index (χ1n) is 5.77. The van der Waals surface area contributed by atoms with Gasteiger partial charge in [-0.3, -0.25) is 0 Å². The van der Waals surface area contributed by atoms with Gasteiger partial charge in [0.05, 0.1) is 19.1 Å². The Kier molecular flexibility index (Phi) is 4.56. The summed E-state index contributed by atoms with van der Waals surface area (Å²) in [4.78, 5) is 23.7. The van der Waals surface area contributed by atoms with Gasteiger partial charge in [-0.2, -0.15) is 0 Å². The molecule has 1 rings (SSSR count). The summed E-state index contributed by atoms with van der Waals surface area (Å²) in [5.74, 6) is 1.46. The average molecular weight is 254 g/mol. The summed E-state index contributed by atoms with van der Waals surface area (Å²) < 4.78 is 5.20. The number of aliphatic carboxylic acids is 1. The van der Waals surface area contributed by atoms with Gasteiger partial charge in [-0.15, -0.1) is 6.42 Å². The number of hydrogen-bond donors (Lipinski definition) is 2. The van der Waals surface area contributed by atoms with Crippen LogP contribution in [0, 0.1) is 12.3 Å². The van der Waals surface area contributed by atoms with E-state index in [1.165, 1.54) is 0 Å². The normalized spacial score (nSPS) is 18.4. The molecule has 1 aliphatic heterocycles. The smallest absolute Gasteiger partial charge is 0.329 e. The maximum Gasteiger partial charge on any atom is 0.329 e. The third-order valence-corrected chi connectivity index (χ3v) is 2.79. The second kappa shape index (κ2) is 5.74. The largest absolute Gasteiger partial charge is 0.480 e. The van der Waals surface area contributed by atoms with Crippen molar-refractivity contribution in [3.63, 3.8) is 0 Å². The number of likely N-dealkylation sites (tertiary alicyclic amines) is 1. The summed E-state index contributed by atoms with van der Waals surface area (Å²) in [5, 5.41) is 11.2. The molecule has 2 N–H and O–H groups in total. The molecule has 0 aromatic rings. The predicted molar refractivity (Wildman–Crippen MR) is 65.0 cm³/mol. The van der Waals surface area contributed by atoms with E-state index in [0.717, 1.165) is 0 Å². The highest BCUT2D eigenvalue weighted by atomic mass is 16.5. The SMILES string of the molecule is C#CC(CC)NC(=O)N1CC(C)(OCC(=O)O)C1. The number of carboxylic acid groups (broad SMARTS) is 1. The van der Waals surface area contributed by atoms with Crippen LogP contribution in [-0.2, 0) is 9.53 Å². The maximum absolute atomic E-state index is 11.7. The number of ether oxygens (including phenoxy) is 1. The number of terminal acetylenes is 1. The molecule has 6 heteroatoms. The summed E-state index contributed by atoms with van der Waals surface area (Å²) in [7, 11) is 0. The lowest BCUT2D eigenvalue weighted by Gasteiger charge is -2.47. The monoisotopic (exact) mass is 254 g/mol. The number of carbonyl (C=O) groups is 2. The van der Waals surface area contributed by atoms with E-state index in [1.807, 2.05) is 6.92 Å². The van der Waals surface area contributed by atoms with Crippen molar-refractivity contribution in [2.75, 3.05) is 19.7 Å². The van der Waals surface area contributed by atoms with E-state index in [9.17, 15) is 9.59 Å². The third kappa shape index (κ3) is 3.64. The summed E-state index contributed by atoms with van der Waals surface area (Å²) in [5.41, 5.74) is -0.576. The Balaban J connectivity index is 2.35. The van der Waals surface area contributed by atoms with Gasteiger partial charge in [0.25, 0.3) is 0 Å². The minimum Gasteiger partial charge on any atom is -0.480 e. The first kappa shape index (κ1) is 14.3. The zero-order chi connectivity index (χ0) is 13.8. The fourth-order valence-corrected chi connectivity index (χ4v) is 1.73. The average Bonchev–Trinajstić information content (AvgIpc) is 2.29. The van der Waals surface area contributed by atoms with Crippen LogP contribution in [0.2, 0.25) is 0 Å². The van der Waals surface area contributed by atoms with E-state index in [1.54, 1.807) is 11.8 Å². The van der Waals surface area contributed by atoms with E-state index in [4.69, 9.17) is 16.3 Å². The number of urea groups is 1. The molecular weight excluding hydrogens is 236 g/mol. The van der Waals surface area contributed by atoms with Crippen molar-refractivity contribution in [1.82, 2.24) is 10.2 Å². The van der Waals surface area contributed by atoms with Gasteiger partial charge in [0, 0.05) is 0 Å². The standard InChI is InChI=1S/C12H18N2O4/c1-4-9(5-2)13-11(17)14-7-12(3,8-14)18-6-10(15)16/h1,9H,5-8H2,2-3H3,(H,13,17)(H,15,16). The number of amides is 2. The Bertz CT molecular complexity index is 369. The highest BCUT2D eigenvalue weighted by Crippen LogP contribution is 2.24. The summed E-state index contributed by atoms with van der Waals surface area (Å²) in [6.45, 7) is 4.05. The van der Waals surface area contributed by atoms with Crippen LogP contribution >= 0.6 is 0 Å². The van der Waals surface area contributed by atoms with Crippen LogP contribution in [-0.4, -0.2) is 53.3 Å². The lowest BCUT2D eigenvalue weighted by Crippen LogP contribution is -2.65. The number of nitrogens with one attached hydrogen (secondary N) is 1. The molecule has 1 fully saturated rings. The van der Waals surface area contributed by atoms with E-state index in [-0.39, 0.29) is 18.7 Å². The summed E-state index contributed by atoms with van der Waals surface area (Å²) in [6, 6.07) is -0.513. The number of hydrogen-bond acceptors (Lipinski definition) is 3. The Morgan fingerprint density at radius 3 is 2.67 bits per heavy atom. The fraction of sp³-hybridized carbons (Fsp3) is 0.667. The Morgan fingerprint density at radius 2 is 2.22 bits per heavy atom. The molecule has 1 atom stereocenters. The molecule has 0 radical (unpaired) electrons. The first-order valence-corrected chi connectivity index (χ1v) is 5.77. The fourth-order valence-electron chi connectivity index (χ4n) is 1.73. The maximum atomic E-state index is 11.7. The molecule has 2 amide bonds. The van der Waals surface area contributed by atoms with E-state index < -0.39 is 11.6 Å². The van der Waals surface area contributed by atoms with Gasteiger partial charge in [-0.25, -0.2) is 9.59 Å². The lowest BCUT2D eigenvalue weighted by molar-refractivity contribution is -0.159. The highest BCUT2D eigenvalue weighted by Gasteiger charge is 2.43. The van der Waals surface area contributed by atoms with Crippen molar-refractivity contribution in [3.05, 3.63) is 0 Å². The molecule has 0 saturated carbocycles. The molecule has 1 heterocycles. The van der Waals surface area contributed by atoms with E-state index >= 15 is 0 Å². The molecule has 0 aliphatic carbocycles. The van der Waals surface area contributed by atoms with E-state index in [0.29, 0.717) is 19.5 Å². The van der Waals surface area contributed by atoms with Crippen molar-refractivity contribution in [1.29, 1.82) is 0 Å². The van der Waals surface area contributed by atoms with Crippen molar-refractivity contribution >= 4 is 12.0 Å². The Labute approximate surface area is 106 Å². The molecule has 100 valence electrons. The molecule has 6 nitrogen and oxygen atoms in total. The van der Waals surface area contributed by atoms with Gasteiger partial charge in [0.2, 0.25) is 0 Å². The van der Waals surface area contributed by atoms with Gasteiger partial charge in [0.1, 0.15) is 12.2 Å². The van der Waals surface area contributed by atoms with Gasteiger partial charge >= 0.3 is 12.0 Å². The molecule has 1 unspecified atom stereocenters. The molecule has 0 spiro atoms. The van der Waals surface area contributed by atoms with Crippen LogP contribution in [0.1, 0.15) is 20.3 Å².